The SMILES string of the molecule is CCCN1CCN(Cc2c(O)c(CC)cc3c(=O)c(-c4nc5ccccc5s4)coc23)CC1. The Morgan fingerprint density at radius 2 is 1.88 bits per heavy atom. The van der Waals surface area contributed by atoms with Crippen LogP contribution in [0.1, 0.15) is 31.4 Å². The third-order valence-corrected chi connectivity index (χ3v) is 7.57. The summed E-state index contributed by atoms with van der Waals surface area (Å²) >= 11 is 1.49. The van der Waals surface area contributed by atoms with Gasteiger partial charge in [-0.3, -0.25) is 9.69 Å². The highest BCUT2D eigenvalue weighted by Crippen LogP contribution is 2.34. The van der Waals surface area contributed by atoms with Gasteiger partial charge in [0.25, 0.3) is 0 Å². The Hall–Kier alpha value is -2.74. The predicted octanol–water partition coefficient (Wildman–Crippen LogP) is 4.87. The number of hydrogen-bond acceptors (Lipinski definition) is 7. The zero-order valence-corrected chi connectivity index (χ0v) is 20.0. The number of piperazine rings is 1. The predicted molar refractivity (Wildman–Crippen MR) is 134 cm³/mol. The van der Waals surface area contributed by atoms with Crippen LogP contribution in [-0.4, -0.2) is 52.6 Å². The second-order valence-electron chi connectivity index (χ2n) is 8.68. The molecule has 1 aliphatic rings. The quantitative estimate of drug-likeness (QED) is 0.440. The number of aromatic nitrogens is 1. The van der Waals surface area contributed by atoms with E-state index in [1.54, 1.807) is 6.07 Å². The molecule has 1 fully saturated rings. The fraction of sp³-hybridized carbons (Fsp3) is 0.385. The van der Waals surface area contributed by atoms with Gasteiger partial charge in [0.05, 0.1) is 26.7 Å². The summed E-state index contributed by atoms with van der Waals surface area (Å²) in [5.41, 5.74) is 3.21. The van der Waals surface area contributed by atoms with E-state index in [2.05, 4.69) is 21.7 Å². The van der Waals surface area contributed by atoms with Crippen molar-refractivity contribution in [3.05, 3.63) is 57.9 Å². The normalized spacial score (nSPS) is 15.6. The molecule has 7 heteroatoms. The number of para-hydroxylation sites is 1. The minimum atomic E-state index is -0.0981. The monoisotopic (exact) mass is 463 g/mol. The number of aryl methyl sites for hydroxylation is 1. The first kappa shape index (κ1) is 22.1. The van der Waals surface area contributed by atoms with Crippen LogP contribution in [0, 0.1) is 0 Å². The van der Waals surface area contributed by atoms with Crippen molar-refractivity contribution in [2.75, 3.05) is 32.7 Å². The Morgan fingerprint density at radius 1 is 1.12 bits per heavy atom. The number of aromatic hydroxyl groups is 1. The second kappa shape index (κ2) is 9.25. The average molecular weight is 464 g/mol. The third kappa shape index (κ3) is 4.16. The fourth-order valence-electron chi connectivity index (χ4n) is 4.65. The maximum Gasteiger partial charge on any atom is 0.202 e. The van der Waals surface area contributed by atoms with Gasteiger partial charge in [-0.05, 0) is 43.1 Å². The maximum absolute atomic E-state index is 13.5. The van der Waals surface area contributed by atoms with Gasteiger partial charge in [0, 0.05) is 32.7 Å². The molecule has 172 valence electrons. The number of phenolic OH excluding ortho intramolecular Hbond substituents is 1. The molecule has 0 aliphatic carbocycles. The molecule has 0 spiro atoms. The largest absolute Gasteiger partial charge is 0.507 e. The summed E-state index contributed by atoms with van der Waals surface area (Å²) in [5, 5.41) is 12.2. The van der Waals surface area contributed by atoms with E-state index in [9.17, 15) is 9.90 Å². The number of fused-ring (bicyclic) bond motifs is 2. The molecule has 0 radical (unpaired) electrons. The van der Waals surface area contributed by atoms with Crippen molar-refractivity contribution in [2.24, 2.45) is 0 Å². The van der Waals surface area contributed by atoms with Crippen LogP contribution in [0.5, 0.6) is 5.75 Å². The number of phenols is 1. The average Bonchev–Trinajstić information content (AvgIpc) is 3.26. The molecule has 0 saturated carbocycles. The molecular weight excluding hydrogens is 434 g/mol. The highest BCUT2D eigenvalue weighted by molar-refractivity contribution is 7.21. The van der Waals surface area contributed by atoms with E-state index in [1.165, 1.54) is 17.6 Å². The van der Waals surface area contributed by atoms with E-state index in [0.717, 1.165) is 54.9 Å². The van der Waals surface area contributed by atoms with Crippen molar-refractivity contribution in [3.63, 3.8) is 0 Å². The second-order valence-corrected chi connectivity index (χ2v) is 9.71. The first-order valence-electron chi connectivity index (χ1n) is 11.7. The molecule has 0 amide bonds. The number of thiazole rings is 1. The molecule has 1 saturated heterocycles. The molecule has 0 atom stereocenters. The van der Waals surface area contributed by atoms with Gasteiger partial charge in [-0.2, -0.15) is 0 Å². The van der Waals surface area contributed by atoms with Gasteiger partial charge in [-0.25, -0.2) is 4.98 Å². The molecule has 0 unspecified atom stereocenters. The molecule has 33 heavy (non-hydrogen) atoms. The lowest BCUT2D eigenvalue weighted by molar-refractivity contribution is 0.126. The third-order valence-electron chi connectivity index (χ3n) is 6.50. The highest BCUT2D eigenvalue weighted by Gasteiger charge is 2.23. The zero-order valence-electron chi connectivity index (χ0n) is 19.1. The van der Waals surface area contributed by atoms with E-state index < -0.39 is 0 Å². The standard InChI is InChI=1S/C26H29N3O3S/c1-3-9-28-10-12-29(13-11-28)15-19-23(30)17(4-2)14-18-24(31)20(16-32-25(18)19)26-27-21-7-5-6-8-22(21)33-26/h5-8,14,16,30H,3-4,9-13,15H2,1-2H3. The van der Waals surface area contributed by atoms with E-state index >= 15 is 0 Å². The Kier molecular flexibility index (Phi) is 6.19. The summed E-state index contributed by atoms with van der Waals surface area (Å²) in [6.07, 6.45) is 3.31. The molecule has 0 bridgehead atoms. The summed E-state index contributed by atoms with van der Waals surface area (Å²) in [4.78, 5) is 23.0. The number of benzene rings is 2. The van der Waals surface area contributed by atoms with Gasteiger partial charge in [0.2, 0.25) is 5.43 Å². The summed E-state index contributed by atoms with van der Waals surface area (Å²) in [5.74, 6) is 0.247. The Morgan fingerprint density at radius 3 is 2.61 bits per heavy atom. The van der Waals surface area contributed by atoms with Crippen molar-refractivity contribution in [1.29, 1.82) is 0 Å². The van der Waals surface area contributed by atoms with Crippen LogP contribution in [0.25, 0.3) is 31.8 Å². The molecule has 4 aromatic rings. The summed E-state index contributed by atoms with van der Waals surface area (Å²) in [7, 11) is 0. The summed E-state index contributed by atoms with van der Waals surface area (Å²) < 4.78 is 7.09. The lowest BCUT2D eigenvalue weighted by Crippen LogP contribution is -2.46. The topological polar surface area (TPSA) is 69.8 Å². The molecule has 2 aromatic carbocycles. The zero-order chi connectivity index (χ0) is 22.9. The summed E-state index contributed by atoms with van der Waals surface area (Å²) in [6.45, 7) is 9.80. The lowest BCUT2D eigenvalue weighted by Gasteiger charge is -2.34. The van der Waals surface area contributed by atoms with Crippen LogP contribution in [0.3, 0.4) is 0 Å². The van der Waals surface area contributed by atoms with Crippen molar-refractivity contribution < 1.29 is 9.52 Å². The van der Waals surface area contributed by atoms with Crippen molar-refractivity contribution in [3.8, 4) is 16.3 Å². The van der Waals surface area contributed by atoms with Gasteiger partial charge in [0.15, 0.2) is 0 Å². The van der Waals surface area contributed by atoms with E-state index in [-0.39, 0.29) is 11.2 Å². The van der Waals surface area contributed by atoms with Gasteiger partial charge >= 0.3 is 0 Å². The van der Waals surface area contributed by atoms with Gasteiger partial charge < -0.3 is 14.4 Å². The Labute approximate surface area is 197 Å². The Balaban J connectivity index is 1.55. The van der Waals surface area contributed by atoms with Crippen LogP contribution >= 0.6 is 11.3 Å². The molecule has 2 aromatic heterocycles. The molecule has 6 nitrogen and oxygen atoms in total. The van der Waals surface area contributed by atoms with Gasteiger partial charge in [0.1, 0.15) is 22.6 Å². The van der Waals surface area contributed by atoms with Crippen LogP contribution in [0.2, 0.25) is 0 Å². The maximum atomic E-state index is 13.5. The van der Waals surface area contributed by atoms with Gasteiger partial charge in [-0.1, -0.05) is 26.0 Å². The minimum absolute atomic E-state index is 0.0981. The number of rotatable bonds is 6. The highest BCUT2D eigenvalue weighted by atomic mass is 32.1. The van der Waals surface area contributed by atoms with E-state index in [4.69, 9.17) is 4.42 Å². The van der Waals surface area contributed by atoms with Crippen LogP contribution in [0.4, 0.5) is 0 Å². The molecule has 5 rings (SSSR count). The fourth-order valence-corrected chi connectivity index (χ4v) is 5.62. The smallest absolute Gasteiger partial charge is 0.202 e. The minimum Gasteiger partial charge on any atom is -0.507 e. The lowest BCUT2D eigenvalue weighted by atomic mass is 10.0. The van der Waals surface area contributed by atoms with E-state index in [0.29, 0.717) is 40.1 Å². The van der Waals surface area contributed by atoms with Crippen molar-refractivity contribution in [1.82, 2.24) is 14.8 Å². The van der Waals surface area contributed by atoms with Crippen LogP contribution < -0.4 is 5.43 Å². The summed E-state index contributed by atoms with van der Waals surface area (Å²) in [6, 6.07) is 9.65. The van der Waals surface area contributed by atoms with Gasteiger partial charge in [-0.15, -0.1) is 11.3 Å². The molecule has 3 heterocycles. The van der Waals surface area contributed by atoms with Crippen LogP contribution in [-0.2, 0) is 13.0 Å². The molecule has 1 aliphatic heterocycles. The molecule has 1 N–H and O–H groups in total. The van der Waals surface area contributed by atoms with Crippen LogP contribution in [0.15, 0.2) is 45.8 Å². The molecular formula is C26H29N3O3S. The first-order valence-corrected chi connectivity index (χ1v) is 12.5. The number of nitrogens with zero attached hydrogens (tertiary/aromatic N) is 3. The number of hydrogen-bond donors (Lipinski definition) is 1. The Bertz CT molecular complexity index is 1320. The van der Waals surface area contributed by atoms with E-state index in [1.807, 2.05) is 31.2 Å². The first-order chi connectivity index (χ1) is 16.1. The van der Waals surface area contributed by atoms with Crippen molar-refractivity contribution in [2.45, 2.75) is 33.2 Å². The van der Waals surface area contributed by atoms with Crippen molar-refractivity contribution >= 4 is 32.5 Å².